The Morgan fingerprint density at radius 2 is 1.79 bits per heavy atom. The minimum absolute atomic E-state index is 0.0961. The van der Waals surface area contributed by atoms with Crippen LogP contribution < -0.4 is 16.4 Å². The van der Waals surface area contributed by atoms with Crippen LogP contribution in [0.1, 0.15) is 47.0 Å². The van der Waals surface area contributed by atoms with Crippen molar-refractivity contribution in [2.24, 2.45) is 23.5 Å². The van der Waals surface area contributed by atoms with Gasteiger partial charge in [-0.25, -0.2) is 0 Å². The molecule has 0 saturated heterocycles. The molecule has 1 rings (SSSR count). The molecule has 1 atom stereocenters. The Morgan fingerprint density at radius 1 is 1.21 bits per heavy atom. The van der Waals surface area contributed by atoms with Crippen LogP contribution in [-0.4, -0.2) is 31.1 Å². The van der Waals surface area contributed by atoms with Gasteiger partial charge in [0.15, 0.2) is 0 Å². The van der Waals surface area contributed by atoms with E-state index in [9.17, 15) is 4.79 Å². The fraction of sp³-hybridized carbons (Fsp3) is 0.933. The molecule has 0 aliphatic heterocycles. The molecule has 19 heavy (non-hydrogen) atoms. The molecule has 1 aliphatic rings. The molecule has 0 heterocycles. The molecular weight excluding hydrogens is 238 g/mol. The van der Waals surface area contributed by atoms with E-state index in [1.807, 2.05) is 0 Å². The van der Waals surface area contributed by atoms with Crippen LogP contribution in [0.2, 0.25) is 0 Å². The predicted octanol–water partition coefficient (Wildman–Crippen LogP) is 1.50. The first-order chi connectivity index (χ1) is 8.93. The highest BCUT2D eigenvalue weighted by atomic mass is 16.1. The number of amides is 1. The first-order valence-electron chi connectivity index (χ1n) is 7.66. The lowest BCUT2D eigenvalue weighted by molar-refractivity contribution is -0.121. The van der Waals surface area contributed by atoms with E-state index in [4.69, 9.17) is 5.73 Å². The van der Waals surface area contributed by atoms with Crippen molar-refractivity contribution in [3.8, 4) is 0 Å². The van der Waals surface area contributed by atoms with Crippen molar-refractivity contribution in [3.05, 3.63) is 0 Å². The van der Waals surface area contributed by atoms with Gasteiger partial charge < -0.3 is 16.4 Å². The number of carbonyl (C=O) groups is 1. The number of nitrogens with one attached hydrogen (secondary N) is 2. The molecule has 4 nitrogen and oxygen atoms in total. The van der Waals surface area contributed by atoms with E-state index in [1.54, 1.807) is 0 Å². The zero-order chi connectivity index (χ0) is 14.4. The smallest absolute Gasteiger partial charge is 0.221 e. The van der Waals surface area contributed by atoms with Crippen molar-refractivity contribution < 1.29 is 4.79 Å². The van der Waals surface area contributed by atoms with Gasteiger partial charge in [0, 0.05) is 25.0 Å². The van der Waals surface area contributed by atoms with Crippen LogP contribution in [0.25, 0.3) is 0 Å². The number of hydrogen-bond acceptors (Lipinski definition) is 3. The van der Waals surface area contributed by atoms with Crippen LogP contribution in [-0.2, 0) is 4.79 Å². The van der Waals surface area contributed by atoms with E-state index in [1.165, 1.54) is 0 Å². The lowest BCUT2D eigenvalue weighted by Gasteiger charge is -2.27. The maximum atomic E-state index is 11.8. The number of nitrogens with two attached hydrogens (primary N) is 1. The summed E-state index contributed by atoms with van der Waals surface area (Å²) < 4.78 is 0. The third kappa shape index (κ3) is 6.39. The van der Waals surface area contributed by atoms with Crippen LogP contribution in [0, 0.1) is 17.8 Å². The average molecular weight is 269 g/mol. The summed E-state index contributed by atoms with van der Waals surface area (Å²) in [5, 5.41) is 6.49. The zero-order valence-electron chi connectivity index (χ0n) is 12.9. The van der Waals surface area contributed by atoms with Gasteiger partial charge in [-0.2, -0.15) is 0 Å². The second kappa shape index (κ2) is 7.85. The number of carbonyl (C=O) groups excluding carboxylic acids is 1. The van der Waals surface area contributed by atoms with Crippen molar-refractivity contribution in [1.82, 2.24) is 10.6 Å². The summed E-state index contributed by atoms with van der Waals surface area (Å²) in [7, 11) is 0. The largest absolute Gasteiger partial charge is 0.353 e. The van der Waals surface area contributed by atoms with Crippen LogP contribution in [0.15, 0.2) is 0 Å². The predicted molar refractivity (Wildman–Crippen MR) is 79.8 cm³/mol. The average Bonchev–Trinajstić information content (AvgIpc) is 3.10. The molecule has 0 bridgehead atoms. The van der Waals surface area contributed by atoms with E-state index < -0.39 is 0 Å². The summed E-state index contributed by atoms with van der Waals surface area (Å²) in [6.45, 7) is 10.5. The fourth-order valence-corrected chi connectivity index (χ4v) is 2.52. The monoisotopic (exact) mass is 269 g/mol. The molecule has 112 valence electrons. The normalized spacial score (nSPS) is 17.3. The Labute approximate surface area is 117 Å². The summed E-state index contributed by atoms with van der Waals surface area (Å²) in [4.78, 5) is 11.8. The van der Waals surface area contributed by atoms with E-state index in [0.29, 0.717) is 36.8 Å². The molecule has 0 aromatic rings. The Balaban J connectivity index is 2.31. The third-order valence-electron chi connectivity index (χ3n) is 4.01. The van der Waals surface area contributed by atoms with Crippen molar-refractivity contribution in [1.29, 1.82) is 0 Å². The molecule has 0 aromatic heterocycles. The lowest BCUT2D eigenvalue weighted by Crippen LogP contribution is -2.44. The first-order valence-corrected chi connectivity index (χ1v) is 7.66. The lowest BCUT2D eigenvalue weighted by atomic mass is 9.85. The van der Waals surface area contributed by atoms with Gasteiger partial charge in [0.2, 0.25) is 5.91 Å². The van der Waals surface area contributed by atoms with Gasteiger partial charge in [0.05, 0.1) is 0 Å². The highest BCUT2D eigenvalue weighted by molar-refractivity contribution is 5.77. The third-order valence-corrected chi connectivity index (χ3v) is 4.01. The molecule has 0 aromatic carbocycles. The van der Waals surface area contributed by atoms with Gasteiger partial charge >= 0.3 is 0 Å². The highest BCUT2D eigenvalue weighted by Gasteiger charge is 2.25. The fourth-order valence-electron chi connectivity index (χ4n) is 2.52. The summed E-state index contributed by atoms with van der Waals surface area (Å²) in [6.07, 6.45) is 2.76. The van der Waals surface area contributed by atoms with Crippen LogP contribution in [0.3, 0.4) is 0 Å². The minimum Gasteiger partial charge on any atom is -0.353 e. The molecule has 4 heteroatoms. The van der Waals surface area contributed by atoms with Gasteiger partial charge in [-0.05, 0) is 37.1 Å². The first kappa shape index (κ1) is 16.4. The molecule has 0 spiro atoms. The molecule has 0 radical (unpaired) electrons. The van der Waals surface area contributed by atoms with E-state index in [2.05, 4.69) is 38.3 Å². The van der Waals surface area contributed by atoms with Gasteiger partial charge in [0.1, 0.15) is 0 Å². The van der Waals surface area contributed by atoms with Crippen LogP contribution in [0.4, 0.5) is 0 Å². The van der Waals surface area contributed by atoms with Crippen molar-refractivity contribution in [2.75, 3.05) is 13.1 Å². The number of hydrogen-bond donors (Lipinski definition) is 3. The van der Waals surface area contributed by atoms with Gasteiger partial charge in [-0.15, -0.1) is 0 Å². The van der Waals surface area contributed by atoms with E-state index in [-0.39, 0.29) is 11.9 Å². The molecule has 4 N–H and O–H groups in total. The summed E-state index contributed by atoms with van der Waals surface area (Å²) in [6, 6.07) is 0.531. The maximum absolute atomic E-state index is 11.8. The molecule has 1 amide bonds. The quantitative estimate of drug-likeness (QED) is 0.594. The van der Waals surface area contributed by atoms with E-state index in [0.717, 1.165) is 19.4 Å². The molecule has 1 saturated carbocycles. The Morgan fingerprint density at radius 3 is 2.21 bits per heavy atom. The van der Waals surface area contributed by atoms with Crippen molar-refractivity contribution >= 4 is 5.91 Å². The van der Waals surface area contributed by atoms with E-state index >= 15 is 0 Å². The van der Waals surface area contributed by atoms with Crippen LogP contribution in [0.5, 0.6) is 0 Å². The summed E-state index contributed by atoms with van der Waals surface area (Å²) >= 11 is 0. The van der Waals surface area contributed by atoms with Crippen molar-refractivity contribution in [3.63, 3.8) is 0 Å². The van der Waals surface area contributed by atoms with Crippen molar-refractivity contribution in [2.45, 2.75) is 59.0 Å². The van der Waals surface area contributed by atoms with Crippen LogP contribution >= 0.6 is 0 Å². The Kier molecular flexibility index (Phi) is 6.80. The van der Waals surface area contributed by atoms with Gasteiger partial charge in [-0.1, -0.05) is 27.7 Å². The zero-order valence-corrected chi connectivity index (χ0v) is 12.9. The molecule has 1 aliphatic carbocycles. The highest BCUT2D eigenvalue weighted by Crippen LogP contribution is 2.20. The Hall–Kier alpha value is -0.610. The molecular formula is C15H31N3O. The standard InChI is InChI=1S/C15H31N3O/c1-10(2)14(11(3)4)9-17-13(8-16)7-15(19)18-12-5-6-12/h10-14,17H,5-9,16H2,1-4H3,(H,18,19). The topological polar surface area (TPSA) is 67.1 Å². The summed E-state index contributed by atoms with van der Waals surface area (Å²) in [5.41, 5.74) is 5.76. The second-order valence-corrected chi connectivity index (χ2v) is 6.54. The maximum Gasteiger partial charge on any atom is 0.221 e. The number of rotatable bonds is 9. The van der Waals surface area contributed by atoms with Gasteiger partial charge in [-0.3, -0.25) is 4.79 Å². The van der Waals surface area contributed by atoms with Gasteiger partial charge in [0.25, 0.3) is 0 Å². The Bertz CT molecular complexity index is 267. The molecule has 1 unspecified atom stereocenters. The SMILES string of the molecule is CC(C)C(CNC(CN)CC(=O)NC1CC1)C(C)C. The minimum atomic E-state index is 0.0961. The molecule has 1 fully saturated rings. The second-order valence-electron chi connectivity index (χ2n) is 6.54. The summed E-state index contributed by atoms with van der Waals surface area (Å²) in [5.74, 6) is 2.05.